The molecular weight excluding hydrogens is 951 g/mol. The monoisotopic (exact) mass is 994 g/mol. The van der Waals surface area contributed by atoms with Gasteiger partial charge in [-0.05, 0) is 111 Å². The molecule has 2 aliphatic rings. The van der Waals surface area contributed by atoms with Gasteiger partial charge in [-0.15, -0.1) is 0 Å². The molecule has 2 fully saturated rings. The molecule has 2 aliphatic heterocycles. The number of nitrogens with one attached hydrogen (secondary N) is 6. The molecule has 6 heterocycles. The molecule has 2 amide bonds. The van der Waals surface area contributed by atoms with E-state index in [1.54, 1.807) is 36.7 Å². The minimum Gasteiger partial charge on any atom is -0.491 e. The van der Waals surface area contributed by atoms with Gasteiger partial charge in [0.1, 0.15) is 36.3 Å². The van der Waals surface area contributed by atoms with E-state index in [0.717, 1.165) is 71.8 Å². The molecule has 0 spiro atoms. The SMILES string of the molecule is O=C(Nc1cc(OC[C@@H]2CCCO2)cc(C(F)(F)F)c1)c1cccnc1Nc1ccc2cn[nH]c2c1.O=C(Nc1cc(OC[C@H]2CCCO2)cc(C(F)(F)F)c1)c1cccnc1Nc1ccc2cn[nH]c2c1. The number of carbonyl (C=O) groups excluding carboxylic acids is 2. The number of carbonyl (C=O) groups is 2. The summed E-state index contributed by atoms with van der Waals surface area (Å²) in [6.07, 6.45) is 0.169. The number of hydrogen-bond donors (Lipinski definition) is 6. The van der Waals surface area contributed by atoms with Crippen molar-refractivity contribution in [2.75, 3.05) is 47.7 Å². The second-order valence-corrected chi connectivity index (χ2v) is 16.7. The zero-order valence-corrected chi connectivity index (χ0v) is 37.9. The van der Waals surface area contributed by atoms with E-state index in [0.29, 0.717) is 24.6 Å². The molecule has 0 radical (unpaired) electrons. The molecule has 10 rings (SSSR count). The highest BCUT2D eigenvalue weighted by molar-refractivity contribution is 6.09. The summed E-state index contributed by atoms with van der Waals surface area (Å²) in [5.41, 5.74) is 1.24. The lowest BCUT2D eigenvalue weighted by Crippen LogP contribution is -2.18. The van der Waals surface area contributed by atoms with Gasteiger partial charge in [-0.25, -0.2) is 9.97 Å². The van der Waals surface area contributed by atoms with Crippen molar-refractivity contribution in [2.24, 2.45) is 0 Å². The molecule has 2 atom stereocenters. The van der Waals surface area contributed by atoms with E-state index >= 15 is 0 Å². The van der Waals surface area contributed by atoms with Crippen LogP contribution in [0.2, 0.25) is 0 Å². The number of anilines is 6. The van der Waals surface area contributed by atoms with Crippen LogP contribution < -0.4 is 30.7 Å². The molecule has 72 heavy (non-hydrogen) atoms. The summed E-state index contributed by atoms with van der Waals surface area (Å²) in [5.74, 6) is -0.775. The summed E-state index contributed by atoms with van der Waals surface area (Å²) in [7, 11) is 0. The van der Waals surface area contributed by atoms with E-state index in [1.165, 1.54) is 36.7 Å². The molecular formula is C50H44F6N10O6. The molecule has 8 aromatic rings. The van der Waals surface area contributed by atoms with Gasteiger partial charge in [0.05, 0.1) is 57.9 Å². The van der Waals surface area contributed by atoms with Crippen LogP contribution in [0.3, 0.4) is 0 Å². The van der Waals surface area contributed by atoms with Crippen LogP contribution >= 0.6 is 0 Å². The van der Waals surface area contributed by atoms with E-state index in [2.05, 4.69) is 51.6 Å². The fourth-order valence-electron chi connectivity index (χ4n) is 7.84. The smallest absolute Gasteiger partial charge is 0.416 e. The second kappa shape index (κ2) is 21.4. The Bertz CT molecular complexity index is 2980. The zero-order chi connectivity index (χ0) is 50.2. The number of rotatable bonds is 14. The van der Waals surface area contributed by atoms with Crippen molar-refractivity contribution in [1.29, 1.82) is 0 Å². The highest BCUT2D eigenvalue weighted by Gasteiger charge is 2.33. The number of ether oxygens (including phenoxy) is 4. The Labute approximate surface area is 405 Å². The zero-order valence-electron chi connectivity index (χ0n) is 37.9. The van der Waals surface area contributed by atoms with E-state index < -0.39 is 35.3 Å². The Hall–Kier alpha value is -8.24. The molecule has 0 saturated carbocycles. The lowest BCUT2D eigenvalue weighted by molar-refractivity contribution is -0.138. The number of fused-ring (bicyclic) bond motifs is 2. The third-order valence-corrected chi connectivity index (χ3v) is 11.4. The number of alkyl halides is 6. The van der Waals surface area contributed by atoms with Crippen molar-refractivity contribution in [2.45, 2.75) is 50.2 Å². The normalized spacial score (nSPS) is 15.7. The molecule has 22 heteroatoms. The van der Waals surface area contributed by atoms with Crippen molar-refractivity contribution < 1.29 is 54.9 Å². The van der Waals surface area contributed by atoms with Crippen LogP contribution in [0.25, 0.3) is 21.8 Å². The summed E-state index contributed by atoms with van der Waals surface area (Å²) in [4.78, 5) is 34.6. The summed E-state index contributed by atoms with van der Waals surface area (Å²) >= 11 is 0. The summed E-state index contributed by atoms with van der Waals surface area (Å²) in [5, 5.41) is 26.8. The fraction of sp³-hybridized carbons (Fsp3) is 0.240. The topological polar surface area (TPSA) is 202 Å². The van der Waals surface area contributed by atoms with Gasteiger partial charge in [-0.2, -0.15) is 36.5 Å². The average molecular weight is 995 g/mol. The predicted molar refractivity (Wildman–Crippen MR) is 255 cm³/mol. The summed E-state index contributed by atoms with van der Waals surface area (Å²) in [6, 6.07) is 23.4. The van der Waals surface area contributed by atoms with Crippen LogP contribution in [0.1, 0.15) is 57.5 Å². The van der Waals surface area contributed by atoms with Crippen molar-refractivity contribution in [3.05, 3.63) is 144 Å². The molecule has 4 aromatic carbocycles. The van der Waals surface area contributed by atoms with Gasteiger partial charge in [-0.1, -0.05) is 0 Å². The Balaban J connectivity index is 0.000000178. The van der Waals surface area contributed by atoms with Gasteiger partial charge in [-0.3, -0.25) is 19.8 Å². The third-order valence-electron chi connectivity index (χ3n) is 11.4. The van der Waals surface area contributed by atoms with Crippen molar-refractivity contribution in [3.63, 3.8) is 0 Å². The molecule has 6 N–H and O–H groups in total. The minimum atomic E-state index is -4.62. The predicted octanol–water partition coefficient (Wildman–Crippen LogP) is 11.1. The van der Waals surface area contributed by atoms with Gasteiger partial charge in [0, 0.05) is 71.3 Å². The van der Waals surface area contributed by atoms with Crippen LogP contribution in [0.5, 0.6) is 11.5 Å². The van der Waals surface area contributed by atoms with Crippen LogP contribution in [0, 0.1) is 0 Å². The van der Waals surface area contributed by atoms with E-state index in [4.69, 9.17) is 18.9 Å². The summed E-state index contributed by atoms with van der Waals surface area (Å²) < 4.78 is 103. The molecule has 0 aliphatic carbocycles. The van der Waals surface area contributed by atoms with Gasteiger partial charge in [0.25, 0.3) is 11.8 Å². The van der Waals surface area contributed by atoms with Crippen LogP contribution in [-0.2, 0) is 21.8 Å². The van der Waals surface area contributed by atoms with Crippen LogP contribution in [0.15, 0.2) is 122 Å². The Morgan fingerprint density at radius 1 is 0.583 bits per heavy atom. The number of H-pyrrole nitrogens is 2. The van der Waals surface area contributed by atoms with Gasteiger partial charge in [0.15, 0.2) is 0 Å². The number of nitrogens with zero attached hydrogens (tertiary/aromatic N) is 4. The maximum atomic E-state index is 13.5. The highest BCUT2D eigenvalue weighted by atomic mass is 19.4. The van der Waals surface area contributed by atoms with Crippen LogP contribution in [-0.4, -0.2) is 80.8 Å². The highest BCUT2D eigenvalue weighted by Crippen LogP contribution is 2.37. The standard InChI is InChI=1S/2C25H22F3N5O3/c2*26-25(27,28)16-9-18(11-20(10-16)36-14-19-3-2-8-35-19)32-24(34)21-4-1-7-29-23(21)31-17-6-5-15-13-30-33-22(15)12-17/h2*1,4-7,9-13,19H,2-3,8,14H2,(H,29,31)(H,30,33)(H,32,34)/t2*19-/m10/s1. The van der Waals surface area contributed by atoms with Crippen molar-refractivity contribution in [1.82, 2.24) is 30.4 Å². The average Bonchev–Trinajstić information content (AvgIpc) is 4.22. The van der Waals surface area contributed by atoms with Crippen molar-refractivity contribution >= 4 is 68.0 Å². The number of amides is 2. The number of halogens is 6. The number of pyridine rings is 2. The number of aromatic nitrogens is 6. The number of aromatic amines is 2. The van der Waals surface area contributed by atoms with E-state index in [9.17, 15) is 35.9 Å². The number of hydrogen-bond acceptors (Lipinski definition) is 12. The molecule has 372 valence electrons. The molecule has 16 nitrogen and oxygen atoms in total. The quantitative estimate of drug-likeness (QED) is 0.0564. The second-order valence-electron chi connectivity index (χ2n) is 16.7. The van der Waals surface area contributed by atoms with Gasteiger partial charge in [0.2, 0.25) is 0 Å². The van der Waals surface area contributed by atoms with Gasteiger partial charge < -0.3 is 40.2 Å². The van der Waals surface area contributed by atoms with Gasteiger partial charge >= 0.3 is 12.4 Å². The Kier molecular flexibility index (Phi) is 14.5. The van der Waals surface area contributed by atoms with Crippen LogP contribution in [0.4, 0.5) is 60.7 Å². The van der Waals surface area contributed by atoms with Crippen molar-refractivity contribution in [3.8, 4) is 11.5 Å². The lowest BCUT2D eigenvalue weighted by atomic mass is 10.1. The molecule has 0 bridgehead atoms. The Morgan fingerprint density at radius 3 is 1.43 bits per heavy atom. The first-order valence-electron chi connectivity index (χ1n) is 22.6. The first kappa shape index (κ1) is 48.8. The first-order valence-corrected chi connectivity index (χ1v) is 22.6. The third kappa shape index (κ3) is 12.4. The largest absolute Gasteiger partial charge is 0.491 e. The summed E-state index contributed by atoms with van der Waals surface area (Å²) in [6.45, 7) is 1.47. The van der Waals surface area contributed by atoms with E-state index in [-0.39, 0.29) is 71.1 Å². The molecule has 2 saturated heterocycles. The Morgan fingerprint density at radius 2 is 1.03 bits per heavy atom. The lowest BCUT2D eigenvalue weighted by Gasteiger charge is -2.16. The molecule has 0 unspecified atom stereocenters. The minimum absolute atomic E-state index is 0.00646. The maximum absolute atomic E-state index is 13.5. The first-order chi connectivity index (χ1) is 34.7. The number of benzene rings is 4. The molecule has 4 aromatic heterocycles. The maximum Gasteiger partial charge on any atom is 0.416 e. The van der Waals surface area contributed by atoms with E-state index in [1.807, 2.05) is 24.3 Å². The fourth-order valence-corrected chi connectivity index (χ4v) is 7.84.